The van der Waals surface area contributed by atoms with Crippen LogP contribution in [0.25, 0.3) is 0 Å². The number of nitrogens with zero attached hydrogens (tertiary/aromatic N) is 1. The molecule has 1 aliphatic rings. The first-order valence-corrected chi connectivity index (χ1v) is 10.3. The number of carbonyl (C=O) groups excluding carboxylic acids is 3. The molecule has 3 N–H and O–H groups in total. The van der Waals surface area contributed by atoms with Gasteiger partial charge in [0.1, 0.15) is 10.6 Å². The van der Waals surface area contributed by atoms with E-state index >= 15 is 0 Å². The van der Waals surface area contributed by atoms with Crippen LogP contribution in [0.3, 0.4) is 0 Å². The smallest absolute Gasteiger partial charge is 0.343 e. The maximum absolute atomic E-state index is 12.6. The Morgan fingerprint density at radius 1 is 1.21 bits per heavy atom. The van der Waals surface area contributed by atoms with Gasteiger partial charge >= 0.3 is 5.97 Å². The van der Waals surface area contributed by atoms with E-state index in [2.05, 4.69) is 20.3 Å². The van der Waals surface area contributed by atoms with Crippen molar-refractivity contribution in [3.05, 3.63) is 41.1 Å². The van der Waals surface area contributed by atoms with Crippen molar-refractivity contribution in [1.29, 1.82) is 0 Å². The maximum Gasteiger partial charge on any atom is 0.343 e. The minimum absolute atomic E-state index is 0.177. The van der Waals surface area contributed by atoms with Crippen LogP contribution in [-0.2, 0) is 9.53 Å². The number of hydrogen-bond acceptors (Lipinski definition) is 7. The van der Waals surface area contributed by atoms with Gasteiger partial charge < -0.3 is 20.7 Å². The van der Waals surface area contributed by atoms with Crippen molar-refractivity contribution in [2.45, 2.75) is 38.6 Å². The highest BCUT2D eigenvalue weighted by Gasteiger charge is 2.22. The average Bonchev–Trinajstić information content (AvgIpc) is 3.35. The Labute approximate surface area is 173 Å². The molecule has 0 aliphatic heterocycles. The molecule has 0 atom stereocenters. The number of amides is 2. The molecule has 1 fully saturated rings. The highest BCUT2D eigenvalue weighted by molar-refractivity contribution is 7.10. The van der Waals surface area contributed by atoms with E-state index in [9.17, 15) is 14.4 Å². The van der Waals surface area contributed by atoms with Crippen LogP contribution in [0.15, 0.2) is 24.3 Å². The second kappa shape index (κ2) is 9.51. The second-order valence-electron chi connectivity index (χ2n) is 6.85. The number of aryl methyl sites for hydroxylation is 1. The second-order valence-corrected chi connectivity index (χ2v) is 7.62. The molecule has 1 heterocycles. The van der Waals surface area contributed by atoms with Gasteiger partial charge in [-0.1, -0.05) is 25.0 Å². The van der Waals surface area contributed by atoms with Crippen molar-refractivity contribution in [2.75, 3.05) is 24.3 Å². The average molecular weight is 417 g/mol. The van der Waals surface area contributed by atoms with Crippen molar-refractivity contribution >= 4 is 40.0 Å². The van der Waals surface area contributed by atoms with E-state index in [0.29, 0.717) is 27.5 Å². The summed E-state index contributed by atoms with van der Waals surface area (Å²) in [4.78, 5) is 37.2. The largest absolute Gasteiger partial charge is 0.452 e. The van der Waals surface area contributed by atoms with Gasteiger partial charge in [-0.05, 0) is 43.4 Å². The molecular weight excluding hydrogens is 392 g/mol. The first kappa shape index (κ1) is 20.8. The van der Waals surface area contributed by atoms with Crippen molar-refractivity contribution in [2.24, 2.45) is 0 Å². The van der Waals surface area contributed by atoms with Crippen molar-refractivity contribution in [3.8, 4) is 0 Å². The highest BCUT2D eigenvalue weighted by Crippen LogP contribution is 2.24. The van der Waals surface area contributed by atoms with E-state index in [0.717, 1.165) is 37.2 Å². The molecule has 9 heteroatoms. The van der Waals surface area contributed by atoms with Crippen LogP contribution >= 0.6 is 11.5 Å². The van der Waals surface area contributed by atoms with Crippen LogP contribution in [0.2, 0.25) is 0 Å². The van der Waals surface area contributed by atoms with Crippen molar-refractivity contribution in [1.82, 2.24) is 9.69 Å². The Balaban J connectivity index is 1.60. The van der Waals surface area contributed by atoms with Gasteiger partial charge in [-0.15, -0.1) is 0 Å². The number of nitrogens with one attached hydrogen (secondary N) is 3. The van der Waals surface area contributed by atoms with Gasteiger partial charge in [-0.25, -0.2) is 4.79 Å². The molecule has 8 nitrogen and oxygen atoms in total. The Hall–Kier alpha value is -2.94. The standard InChI is InChI=1S/C20H24N4O4S/c1-12-17(19(21-2)29-24-12)20(27)28-11-16(25)23-15-10-6-5-9-14(15)18(26)22-13-7-3-4-8-13/h5-6,9-10,13,21H,3-4,7-8,11H2,1-2H3,(H,22,26)(H,23,25). The van der Waals surface area contributed by atoms with Crippen LogP contribution in [0.1, 0.15) is 52.1 Å². The minimum Gasteiger partial charge on any atom is -0.452 e. The molecule has 0 radical (unpaired) electrons. The number of anilines is 2. The monoisotopic (exact) mass is 416 g/mol. The molecular formula is C20H24N4O4S. The lowest BCUT2D eigenvalue weighted by Gasteiger charge is -2.15. The Morgan fingerprint density at radius 3 is 2.66 bits per heavy atom. The molecule has 0 unspecified atom stereocenters. The molecule has 0 bridgehead atoms. The van der Waals surface area contributed by atoms with Gasteiger partial charge in [0.2, 0.25) is 0 Å². The van der Waals surface area contributed by atoms with E-state index < -0.39 is 18.5 Å². The minimum atomic E-state index is -0.622. The summed E-state index contributed by atoms with van der Waals surface area (Å²) in [5.41, 5.74) is 1.63. The molecule has 0 spiro atoms. The number of para-hydroxylation sites is 1. The van der Waals surface area contributed by atoms with E-state index in [1.165, 1.54) is 0 Å². The third kappa shape index (κ3) is 5.11. The topological polar surface area (TPSA) is 109 Å². The van der Waals surface area contributed by atoms with Crippen molar-refractivity contribution in [3.63, 3.8) is 0 Å². The summed E-state index contributed by atoms with van der Waals surface area (Å²) in [5.74, 6) is -1.36. The fourth-order valence-electron chi connectivity index (χ4n) is 3.29. The summed E-state index contributed by atoms with van der Waals surface area (Å²) in [6.45, 7) is 1.24. The summed E-state index contributed by atoms with van der Waals surface area (Å²) in [5, 5.41) is 9.13. The van der Waals surface area contributed by atoms with Gasteiger partial charge in [0.05, 0.1) is 16.9 Å². The van der Waals surface area contributed by atoms with Gasteiger partial charge in [0.15, 0.2) is 6.61 Å². The van der Waals surface area contributed by atoms with Crippen LogP contribution in [0.4, 0.5) is 10.7 Å². The van der Waals surface area contributed by atoms with Crippen LogP contribution in [0.5, 0.6) is 0 Å². The molecule has 3 rings (SSSR count). The summed E-state index contributed by atoms with van der Waals surface area (Å²) in [6, 6.07) is 6.95. The van der Waals surface area contributed by atoms with Crippen LogP contribution in [-0.4, -0.2) is 41.9 Å². The predicted octanol–water partition coefficient (Wildman–Crippen LogP) is 2.96. The zero-order valence-electron chi connectivity index (χ0n) is 16.4. The quantitative estimate of drug-likeness (QED) is 0.599. The normalized spacial score (nSPS) is 13.7. The van der Waals surface area contributed by atoms with E-state index in [1.807, 2.05) is 0 Å². The number of hydrogen-bond donors (Lipinski definition) is 3. The SMILES string of the molecule is CNc1snc(C)c1C(=O)OCC(=O)Nc1ccccc1C(=O)NC1CCCC1. The van der Waals surface area contributed by atoms with Gasteiger partial charge in [-0.3, -0.25) is 9.59 Å². The first-order valence-electron chi connectivity index (χ1n) is 9.50. The lowest BCUT2D eigenvalue weighted by atomic mass is 10.1. The zero-order chi connectivity index (χ0) is 20.8. The third-order valence-electron chi connectivity index (χ3n) is 4.76. The number of carbonyl (C=O) groups is 3. The molecule has 1 aliphatic carbocycles. The lowest BCUT2D eigenvalue weighted by molar-refractivity contribution is -0.119. The summed E-state index contributed by atoms with van der Waals surface area (Å²) in [6.07, 6.45) is 4.18. The fraction of sp³-hybridized carbons (Fsp3) is 0.400. The molecule has 1 aromatic carbocycles. The molecule has 0 saturated heterocycles. The number of aromatic nitrogens is 1. The van der Waals surface area contributed by atoms with Crippen LogP contribution < -0.4 is 16.0 Å². The number of benzene rings is 1. The maximum atomic E-state index is 12.6. The first-order chi connectivity index (χ1) is 14.0. The molecule has 2 amide bonds. The molecule has 2 aromatic rings. The Bertz CT molecular complexity index is 906. The van der Waals surface area contributed by atoms with E-state index in [-0.39, 0.29) is 11.9 Å². The number of rotatable bonds is 7. The summed E-state index contributed by atoms with van der Waals surface area (Å²) >= 11 is 1.15. The summed E-state index contributed by atoms with van der Waals surface area (Å²) < 4.78 is 9.24. The third-order valence-corrected chi connectivity index (χ3v) is 5.72. The number of esters is 1. The molecule has 29 heavy (non-hydrogen) atoms. The number of ether oxygens (including phenoxy) is 1. The Kier molecular flexibility index (Phi) is 6.82. The van der Waals surface area contributed by atoms with Gasteiger partial charge in [0.25, 0.3) is 11.8 Å². The summed E-state index contributed by atoms with van der Waals surface area (Å²) in [7, 11) is 1.68. The van der Waals surface area contributed by atoms with Crippen molar-refractivity contribution < 1.29 is 19.1 Å². The predicted molar refractivity (Wildman–Crippen MR) is 111 cm³/mol. The Morgan fingerprint density at radius 2 is 1.93 bits per heavy atom. The van der Waals surface area contributed by atoms with Gasteiger partial charge in [0, 0.05) is 13.1 Å². The zero-order valence-corrected chi connectivity index (χ0v) is 17.2. The molecule has 154 valence electrons. The van der Waals surface area contributed by atoms with Crippen LogP contribution in [0, 0.1) is 6.92 Å². The highest BCUT2D eigenvalue weighted by atomic mass is 32.1. The fourth-order valence-corrected chi connectivity index (χ4v) is 4.03. The van der Waals surface area contributed by atoms with E-state index in [4.69, 9.17) is 4.74 Å². The molecule has 1 saturated carbocycles. The molecule has 1 aromatic heterocycles. The van der Waals surface area contributed by atoms with Gasteiger partial charge in [-0.2, -0.15) is 4.37 Å². The van der Waals surface area contributed by atoms with E-state index in [1.54, 1.807) is 38.2 Å². The lowest BCUT2D eigenvalue weighted by Crippen LogP contribution is -2.33.